The molecule has 1 aliphatic carbocycles. The molecule has 0 aliphatic heterocycles. The van der Waals surface area contributed by atoms with Crippen LogP contribution in [-0.4, -0.2) is 4.98 Å². The van der Waals surface area contributed by atoms with Gasteiger partial charge in [0.15, 0.2) is 0 Å². The first-order chi connectivity index (χ1) is 7.22. The van der Waals surface area contributed by atoms with E-state index in [-0.39, 0.29) is 5.54 Å². The zero-order chi connectivity index (χ0) is 10.9. The summed E-state index contributed by atoms with van der Waals surface area (Å²) in [5.74, 6) is 0.690. The van der Waals surface area contributed by atoms with Crippen LogP contribution in [0.1, 0.15) is 44.2 Å². The van der Waals surface area contributed by atoms with Crippen molar-refractivity contribution in [2.45, 2.75) is 45.1 Å². The zero-order valence-electron chi connectivity index (χ0n) is 9.66. The van der Waals surface area contributed by atoms with Gasteiger partial charge in [0, 0.05) is 17.9 Å². The van der Waals surface area contributed by atoms with Crippen LogP contribution in [0, 0.1) is 5.92 Å². The van der Waals surface area contributed by atoms with Crippen molar-refractivity contribution in [3.05, 3.63) is 29.6 Å². The Balaban J connectivity index is 2.23. The molecule has 1 saturated carbocycles. The van der Waals surface area contributed by atoms with Gasteiger partial charge in [0.1, 0.15) is 0 Å². The second-order valence-corrected chi connectivity index (χ2v) is 4.62. The zero-order valence-corrected chi connectivity index (χ0v) is 9.66. The largest absolute Gasteiger partial charge is 0.321 e. The highest BCUT2D eigenvalue weighted by molar-refractivity contribution is 5.37. The number of aromatic nitrogens is 1. The smallest absolute Gasteiger partial charge is 0.0446 e. The van der Waals surface area contributed by atoms with Crippen LogP contribution in [0.25, 0.3) is 0 Å². The van der Waals surface area contributed by atoms with Crippen LogP contribution < -0.4 is 5.73 Å². The Labute approximate surface area is 91.9 Å². The molecule has 2 atom stereocenters. The van der Waals surface area contributed by atoms with Crippen molar-refractivity contribution in [1.29, 1.82) is 0 Å². The maximum atomic E-state index is 6.45. The third-order valence-corrected chi connectivity index (χ3v) is 3.58. The fourth-order valence-corrected chi connectivity index (χ4v) is 2.55. The third-order valence-electron chi connectivity index (χ3n) is 3.58. The molecule has 2 heteroatoms. The molecule has 0 aromatic carbocycles. The molecule has 1 aromatic rings. The Morgan fingerprint density at radius 2 is 2.33 bits per heavy atom. The molecule has 2 N–H and O–H groups in total. The van der Waals surface area contributed by atoms with E-state index in [1.54, 1.807) is 0 Å². The number of hydrogen-bond acceptors (Lipinski definition) is 2. The van der Waals surface area contributed by atoms with E-state index in [4.69, 9.17) is 5.73 Å². The Bertz CT molecular complexity index is 348. The molecule has 1 aliphatic rings. The van der Waals surface area contributed by atoms with Gasteiger partial charge in [-0.05, 0) is 42.4 Å². The average molecular weight is 204 g/mol. The summed E-state index contributed by atoms with van der Waals surface area (Å²) < 4.78 is 0. The second kappa shape index (κ2) is 3.93. The quantitative estimate of drug-likeness (QED) is 0.818. The summed E-state index contributed by atoms with van der Waals surface area (Å²) in [6.45, 7) is 4.40. The van der Waals surface area contributed by atoms with Gasteiger partial charge in [-0.15, -0.1) is 0 Å². The van der Waals surface area contributed by atoms with E-state index in [0.29, 0.717) is 5.92 Å². The first kappa shape index (κ1) is 10.6. The summed E-state index contributed by atoms with van der Waals surface area (Å²) in [7, 11) is 0. The van der Waals surface area contributed by atoms with E-state index in [1.165, 1.54) is 24.0 Å². The van der Waals surface area contributed by atoms with Crippen molar-refractivity contribution in [3.63, 3.8) is 0 Å². The van der Waals surface area contributed by atoms with E-state index in [1.807, 2.05) is 12.4 Å². The van der Waals surface area contributed by atoms with Crippen LogP contribution in [0.4, 0.5) is 0 Å². The summed E-state index contributed by atoms with van der Waals surface area (Å²) in [5, 5.41) is 0. The van der Waals surface area contributed by atoms with Crippen molar-refractivity contribution in [1.82, 2.24) is 4.98 Å². The Hall–Kier alpha value is -0.890. The molecule has 0 bridgehead atoms. The minimum absolute atomic E-state index is 0.0374. The molecule has 1 fully saturated rings. The minimum atomic E-state index is -0.0374. The molecule has 1 heterocycles. The highest BCUT2D eigenvalue weighted by Gasteiger charge is 2.51. The lowest BCUT2D eigenvalue weighted by Crippen LogP contribution is -2.24. The van der Waals surface area contributed by atoms with Gasteiger partial charge in [-0.3, -0.25) is 4.98 Å². The lowest BCUT2D eigenvalue weighted by Gasteiger charge is -2.15. The van der Waals surface area contributed by atoms with Crippen LogP contribution >= 0.6 is 0 Å². The Morgan fingerprint density at radius 3 is 3.00 bits per heavy atom. The number of aryl methyl sites for hydroxylation is 1. The number of nitrogens with zero attached hydrogens (tertiary/aromatic N) is 1. The van der Waals surface area contributed by atoms with Crippen LogP contribution in [0.5, 0.6) is 0 Å². The van der Waals surface area contributed by atoms with Crippen molar-refractivity contribution in [2.75, 3.05) is 0 Å². The lowest BCUT2D eigenvalue weighted by atomic mass is 9.96. The van der Waals surface area contributed by atoms with Gasteiger partial charge in [0.05, 0.1) is 0 Å². The molecule has 0 spiro atoms. The van der Waals surface area contributed by atoms with Crippen LogP contribution in [0.2, 0.25) is 0 Å². The second-order valence-electron chi connectivity index (χ2n) is 4.62. The minimum Gasteiger partial charge on any atom is -0.321 e. The first-order valence-electron chi connectivity index (χ1n) is 5.94. The number of pyridine rings is 1. The molecule has 82 valence electrons. The number of nitrogens with two attached hydrogens (primary N) is 1. The predicted molar refractivity (Wildman–Crippen MR) is 62.5 cm³/mol. The van der Waals surface area contributed by atoms with Crippen LogP contribution in [0.15, 0.2) is 18.5 Å². The highest BCUT2D eigenvalue weighted by atomic mass is 14.9. The van der Waals surface area contributed by atoms with E-state index in [2.05, 4.69) is 24.9 Å². The van der Waals surface area contributed by atoms with Crippen molar-refractivity contribution >= 4 is 0 Å². The molecule has 2 unspecified atom stereocenters. The van der Waals surface area contributed by atoms with Crippen LogP contribution in [-0.2, 0) is 12.0 Å². The SMILES string of the molecule is CCCC1CC1(N)c1ccncc1CC. The molecular formula is C13H20N2. The normalized spacial score (nSPS) is 29.1. The molecule has 0 radical (unpaired) electrons. The first-order valence-corrected chi connectivity index (χ1v) is 5.94. The molecule has 2 nitrogen and oxygen atoms in total. The molecule has 0 saturated heterocycles. The standard InChI is InChI=1S/C13H20N2/c1-3-5-11-8-13(11,14)12-6-7-15-9-10(12)4-2/h6-7,9,11H,3-5,8,14H2,1-2H3. The van der Waals surface area contributed by atoms with Gasteiger partial charge in [-0.25, -0.2) is 0 Å². The highest BCUT2D eigenvalue weighted by Crippen LogP contribution is 2.52. The topological polar surface area (TPSA) is 38.9 Å². The maximum absolute atomic E-state index is 6.45. The van der Waals surface area contributed by atoms with Gasteiger partial charge in [0.2, 0.25) is 0 Å². The van der Waals surface area contributed by atoms with Crippen molar-refractivity contribution in [3.8, 4) is 0 Å². The Kier molecular flexibility index (Phi) is 2.79. The fourth-order valence-electron chi connectivity index (χ4n) is 2.55. The van der Waals surface area contributed by atoms with E-state index in [9.17, 15) is 0 Å². The van der Waals surface area contributed by atoms with Gasteiger partial charge in [-0.2, -0.15) is 0 Å². The molecule has 2 rings (SSSR count). The molecular weight excluding hydrogens is 184 g/mol. The van der Waals surface area contributed by atoms with Gasteiger partial charge in [-0.1, -0.05) is 20.3 Å². The molecule has 15 heavy (non-hydrogen) atoms. The van der Waals surface area contributed by atoms with Crippen LogP contribution in [0.3, 0.4) is 0 Å². The predicted octanol–water partition coefficient (Wildman–Crippen LogP) is 2.62. The van der Waals surface area contributed by atoms with Gasteiger partial charge >= 0.3 is 0 Å². The maximum Gasteiger partial charge on any atom is 0.0446 e. The van der Waals surface area contributed by atoms with Crippen molar-refractivity contribution < 1.29 is 0 Å². The summed E-state index contributed by atoms with van der Waals surface area (Å²) in [6.07, 6.45) is 8.49. The van der Waals surface area contributed by atoms with E-state index < -0.39 is 0 Å². The van der Waals surface area contributed by atoms with E-state index >= 15 is 0 Å². The summed E-state index contributed by atoms with van der Waals surface area (Å²) in [6, 6.07) is 2.11. The number of rotatable bonds is 4. The fraction of sp³-hybridized carbons (Fsp3) is 0.615. The van der Waals surface area contributed by atoms with E-state index in [0.717, 1.165) is 12.8 Å². The summed E-state index contributed by atoms with van der Waals surface area (Å²) >= 11 is 0. The Morgan fingerprint density at radius 1 is 1.53 bits per heavy atom. The summed E-state index contributed by atoms with van der Waals surface area (Å²) in [4.78, 5) is 4.17. The van der Waals surface area contributed by atoms with Gasteiger partial charge in [0.25, 0.3) is 0 Å². The van der Waals surface area contributed by atoms with Crippen molar-refractivity contribution in [2.24, 2.45) is 11.7 Å². The lowest BCUT2D eigenvalue weighted by molar-refractivity contribution is 0.579. The third kappa shape index (κ3) is 1.78. The van der Waals surface area contributed by atoms with Gasteiger partial charge < -0.3 is 5.73 Å². The number of hydrogen-bond donors (Lipinski definition) is 1. The summed E-state index contributed by atoms with van der Waals surface area (Å²) in [5.41, 5.74) is 9.06. The molecule has 1 aromatic heterocycles. The average Bonchev–Trinajstić information content (AvgIpc) is 2.91. The monoisotopic (exact) mass is 204 g/mol. The molecule has 0 amide bonds.